The van der Waals surface area contributed by atoms with E-state index >= 15 is 0 Å². The van der Waals surface area contributed by atoms with Crippen LogP contribution in [0.15, 0.2) is 46.9 Å². The first kappa shape index (κ1) is 25.0. The zero-order valence-corrected chi connectivity index (χ0v) is 21.6. The number of methoxy groups -OCH3 is 1. The van der Waals surface area contributed by atoms with Crippen molar-refractivity contribution in [3.8, 4) is 5.75 Å². The standard InChI is InChI=1S/C27H30BrN3O4/c1-17-25(21-15-19(28)10-11-22(21)30-26(17)31-13-5-6-14-31)27(34)29-16-18(9-12-24(32)33)20-7-3-4-8-23(20)35-2/h3-4,7-8,10-11,15,18H,5-6,9,12-14,16H2,1-2H3,(H,29,34)(H,32,33). The third-order valence-electron chi connectivity index (χ3n) is 6.59. The number of nitrogens with one attached hydrogen (secondary N) is 1. The van der Waals surface area contributed by atoms with Crippen LogP contribution in [0.5, 0.6) is 5.75 Å². The van der Waals surface area contributed by atoms with Gasteiger partial charge in [0.15, 0.2) is 0 Å². The number of para-hydroxylation sites is 1. The highest BCUT2D eigenvalue weighted by atomic mass is 79.9. The molecule has 0 bridgehead atoms. The predicted octanol–water partition coefficient (Wildman–Crippen LogP) is 5.29. The fraction of sp³-hybridized carbons (Fsp3) is 0.370. The maximum Gasteiger partial charge on any atom is 0.303 e. The Morgan fingerprint density at radius 2 is 1.94 bits per heavy atom. The van der Waals surface area contributed by atoms with E-state index in [0.717, 1.165) is 58.3 Å². The van der Waals surface area contributed by atoms with Crippen LogP contribution in [0.25, 0.3) is 10.9 Å². The molecule has 0 saturated carbocycles. The van der Waals surface area contributed by atoms with Crippen molar-refractivity contribution in [1.29, 1.82) is 0 Å². The minimum atomic E-state index is -0.868. The summed E-state index contributed by atoms with van der Waals surface area (Å²) in [4.78, 5) is 32.1. The van der Waals surface area contributed by atoms with Crippen LogP contribution in [-0.2, 0) is 4.79 Å². The summed E-state index contributed by atoms with van der Waals surface area (Å²) in [5.74, 6) is 0.276. The molecule has 0 radical (unpaired) electrons. The molecule has 1 aliphatic heterocycles. The van der Waals surface area contributed by atoms with Gasteiger partial charge >= 0.3 is 5.97 Å². The Bertz CT molecular complexity index is 1240. The number of carboxylic acid groups (broad SMARTS) is 1. The van der Waals surface area contributed by atoms with Gasteiger partial charge in [-0.25, -0.2) is 4.98 Å². The molecule has 1 atom stereocenters. The van der Waals surface area contributed by atoms with Crippen LogP contribution in [0.1, 0.15) is 53.1 Å². The number of nitrogens with zero attached hydrogens (tertiary/aromatic N) is 2. The molecule has 1 aromatic heterocycles. The van der Waals surface area contributed by atoms with Crippen molar-refractivity contribution < 1.29 is 19.4 Å². The fourth-order valence-electron chi connectivity index (χ4n) is 4.82. The van der Waals surface area contributed by atoms with Crippen LogP contribution in [0.3, 0.4) is 0 Å². The summed E-state index contributed by atoms with van der Waals surface area (Å²) in [5.41, 5.74) is 3.12. The molecule has 1 amide bonds. The van der Waals surface area contributed by atoms with Crippen LogP contribution in [0.2, 0.25) is 0 Å². The Balaban J connectivity index is 1.67. The monoisotopic (exact) mass is 539 g/mol. The normalized spacial score (nSPS) is 14.2. The number of ether oxygens (including phenoxy) is 1. The van der Waals surface area contributed by atoms with Gasteiger partial charge in [-0.15, -0.1) is 0 Å². The van der Waals surface area contributed by atoms with Gasteiger partial charge in [0.05, 0.1) is 18.2 Å². The number of halogens is 1. The maximum atomic E-state index is 13.7. The molecule has 3 aromatic rings. The number of pyridine rings is 1. The number of aliphatic carboxylic acids is 1. The highest BCUT2D eigenvalue weighted by molar-refractivity contribution is 9.10. The van der Waals surface area contributed by atoms with Crippen molar-refractivity contribution in [2.24, 2.45) is 0 Å². The van der Waals surface area contributed by atoms with Gasteiger partial charge in [0, 0.05) is 47.4 Å². The van der Waals surface area contributed by atoms with Crippen LogP contribution in [0.4, 0.5) is 5.82 Å². The van der Waals surface area contributed by atoms with Crippen molar-refractivity contribution in [2.75, 3.05) is 31.6 Å². The Kier molecular flexibility index (Phi) is 7.90. The largest absolute Gasteiger partial charge is 0.496 e. The van der Waals surface area contributed by atoms with E-state index in [1.165, 1.54) is 0 Å². The molecular formula is C27H30BrN3O4. The number of benzene rings is 2. The summed E-state index contributed by atoms with van der Waals surface area (Å²) in [6, 6.07) is 13.3. The molecule has 1 fully saturated rings. The van der Waals surface area contributed by atoms with E-state index < -0.39 is 5.97 Å². The van der Waals surface area contributed by atoms with E-state index in [2.05, 4.69) is 26.1 Å². The third kappa shape index (κ3) is 5.59. The highest BCUT2D eigenvalue weighted by Crippen LogP contribution is 2.33. The lowest BCUT2D eigenvalue weighted by molar-refractivity contribution is -0.137. The number of amides is 1. The Morgan fingerprint density at radius 3 is 2.66 bits per heavy atom. The topological polar surface area (TPSA) is 91.8 Å². The molecule has 2 aromatic carbocycles. The Morgan fingerprint density at radius 1 is 1.20 bits per heavy atom. The molecule has 1 unspecified atom stereocenters. The summed E-state index contributed by atoms with van der Waals surface area (Å²) in [6.07, 6.45) is 2.62. The molecule has 2 N–H and O–H groups in total. The first-order valence-corrected chi connectivity index (χ1v) is 12.7. The van der Waals surface area contributed by atoms with E-state index in [9.17, 15) is 14.7 Å². The quantitative estimate of drug-likeness (QED) is 0.383. The minimum absolute atomic E-state index is 0.00184. The van der Waals surface area contributed by atoms with Gasteiger partial charge in [-0.1, -0.05) is 34.1 Å². The van der Waals surface area contributed by atoms with Crippen molar-refractivity contribution in [1.82, 2.24) is 10.3 Å². The van der Waals surface area contributed by atoms with Crippen LogP contribution in [0, 0.1) is 6.92 Å². The molecule has 0 spiro atoms. The van der Waals surface area contributed by atoms with Crippen molar-refractivity contribution >= 4 is 44.5 Å². The predicted molar refractivity (Wildman–Crippen MR) is 141 cm³/mol. The molecule has 1 saturated heterocycles. The summed E-state index contributed by atoms with van der Waals surface area (Å²) in [7, 11) is 1.59. The number of carbonyl (C=O) groups is 2. The summed E-state index contributed by atoms with van der Waals surface area (Å²) < 4.78 is 6.39. The number of aromatic nitrogens is 1. The lowest BCUT2D eigenvalue weighted by Gasteiger charge is -2.23. The number of carboxylic acids is 1. The lowest BCUT2D eigenvalue weighted by Crippen LogP contribution is -2.30. The third-order valence-corrected chi connectivity index (χ3v) is 7.09. The molecule has 35 heavy (non-hydrogen) atoms. The lowest BCUT2D eigenvalue weighted by atomic mass is 9.93. The Hall–Kier alpha value is -3.13. The van der Waals surface area contributed by atoms with Crippen molar-refractivity contribution in [3.05, 3.63) is 63.6 Å². The second kappa shape index (κ2) is 11.1. The molecule has 2 heterocycles. The van der Waals surface area contributed by atoms with Gasteiger partial charge in [-0.3, -0.25) is 9.59 Å². The minimum Gasteiger partial charge on any atom is -0.496 e. The number of anilines is 1. The SMILES string of the molecule is COc1ccccc1C(CCC(=O)O)CNC(=O)c1c(C)c(N2CCCC2)nc2ccc(Br)cc12. The van der Waals surface area contributed by atoms with E-state index in [-0.39, 0.29) is 18.2 Å². The summed E-state index contributed by atoms with van der Waals surface area (Å²) in [5, 5.41) is 13.2. The molecule has 184 valence electrons. The van der Waals surface area contributed by atoms with Gasteiger partial charge in [-0.2, -0.15) is 0 Å². The molecule has 7 nitrogen and oxygen atoms in total. The van der Waals surface area contributed by atoms with Gasteiger partial charge in [0.1, 0.15) is 11.6 Å². The first-order valence-electron chi connectivity index (χ1n) is 11.9. The molecule has 1 aliphatic rings. The average Bonchev–Trinajstić information content (AvgIpc) is 3.38. The van der Waals surface area contributed by atoms with E-state index in [4.69, 9.17) is 9.72 Å². The average molecular weight is 540 g/mol. The van der Waals surface area contributed by atoms with Crippen LogP contribution >= 0.6 is 15.9 Å². The second-order valence-corrected chi connectivity index (χ2v) is 9.79. The highest BCUT2D eigenvalue weighted by Gasteiger charge is 2.25. The Labute approximate surface area is 213 Å². The zero-order chi connectivity index (χ0) is 24.9. The van der Waals surface area contributed by atoms with Gasteiger partial charge < -0.3 is 20.1 Å². The number of carbonyl (C=O) groups excluding carboxylic acids is 1. The molecule has 8 heteroatoms. The fourth-order valence-corrected chi connectivity index (χ4v) is 5.18. The van der Waals surface area contributed by atoms with Gasteiger partial charge in [0.25, 0.3) is 5.91 Å². The van der Waals surface area contributed by atoms with Crippen molar-refractivity contribution in [3.63, 3.8) is 0 Å². The zero-order valence-electron chi connectivity index (χ0n) is 20.0. The van der Waals surface area contributed by atoms with Crippen molar-refractivity contribution in [2.45, 2.75) is 38.5 Å². The summed E-state index contributed by atoms with van der Waals surface area (Å²) >= 11 is 3.53. The maximum absolute atomic E-state index is 13.7. The van der Waals surface area contributed by atoms with E-state index in [1.807, 2.05) is 49.4 Å². The summed E-state index contributed by atoms with van der Waals surface area (Å²) in [6.45, 7) is 4.12. The number of rotatable bonds is 9. The van der Waals surface area contributed by atoms with E-state index in [1.54, 1.807) is 7.11 Å². The number of hydrogen-bond donors (Lipinski definition) is 2. The molecule has 4 rings (SSSR count). The van der Waals surface area contributed by atoms with E-state index in [0.29, 0.717) is 24.3 Å². The van der Waals surface area contributed by atoms with Gasteiger partial charge in [0.2, 0.25) is 0 Å². The number of fused-ring (bicyclic) bond motifs is 1. The second-order valence-electron chi connectivity index (χ2n) is 8.87. The number of hydrogen-bond acceptors (Lipinski definition) is 5. The smallest absolute Gasteiger partial charge is 0.303 e. The first-order chi connectivity index (χ1) is 16.9. The van der Waals surface area contributed by atoms with Crippen LogP contribution in [-0.4, -0.2) is 48.7 Å². The molecule has 0 aliphatic carbocycles. The molecular weight excluding hydrogens is 510 g/mol. The van der Waals surface area contributed by atoms with Gasteiger partial charge in [-0.05, 0) is 56.0 Å². The van der Waals surface area contributed by atoms with Crippen LogP contribution < -0.4 is 15.0 Å².